The molecule has 0 unspecified atom stereocenters. The first kappa shape index (κ1) is 2.40. The Morgan fingerprint density at radius 2 is 1.50 bits per heavy atom. The van der Waals surface area contributed by atoms with Gasteiger partial charge in [0.05, 0.1) is 2.74 Å². The normalized spacial score (nSPS) is 13.3. The van der Waals surface area contributed by atoms with Crippen LogP contribution in [-0.4, -0.2) is 0 Å². The molecule has 0 aliphatic carbocycles. The average molecular weight is 82.1 g/mol. The fraction of sp³-hybridized carbons (Fsp3) is 0. The molecule has 6 heavy (non-hydrogen) atoms. The second kappa shape index (κ2) is 4.22. The zero-order chi connectivity index (χ0) is 6.57. The fourth-order valence-electron chi connectivity index (χ4n) is 0.118. The first-order valence-electron chi connectivity index (χ1n) is 2.62. The van der Waals surface area contributed by atoms with Crippen molar-refractivity contribution in [1.29, 1.82) is 0 Å². The van der Waals surface area contributed by atoms with E-state index in [-0.39, 0.29) is 12.1 Å². The Hall–Kier alpha value is -0.780. The number of allylic oxidation sites excluding steroid dienone is 4. The summed E-state index contributed by atoms with van der Waals surface area (Å²) in [7, 11) is 0. The molecule has 0 bridgehead atoms. The van der Waals surface area contributed by atoms with E-state index in [2.05, 4.69) is 13.2 Å². The number of hydrogen-bond acceptors (Lipinski definition) is 0. The molecule has 32 valence electrons. The third kappa shape index (κ3) is 3.22. The summed E-state index contributed by atoms with van der Waals surface area (Å²) in [6, 6.07) is 0.386. The zero-order valence-electron chi connectivity index (χ0n) is 5.57. The minimum absolute atomic E-state index is 0.193. The predicted molar refractivity (Wildman–Crippen MR) is 29.5 cm³/mol. The Morgan fingerprint density at radius 1 is 1.17 bits per heavy atom. The molecule has 0 aromatic rings. The Kier molecular flexibility index (Phi) is 1.69. The summed E-state index contributed by atoms with van der Waals surface area (Å²) in [4.78, 5) is 0. The summed E-state index contributed by atoms with van der Waals surface area (Å²) in [5.74, 6) is 0. The summed E-state index contributed by atoms with van der Waals surface area (Å²) >= 11 is 0. The van der Waals surface area contributed by atoms with Gasteiger partial charge in [0.2, 0.25) is 0 Å². The first-order valence-corrected chi connectivity index (χ1v) is 1.62. The maximum absolute atomic E-state index is 6.77. The average Bonchev–Trinajstić information content (AvgIpc) is 1.61. The smallest absolute Gasteiger partial charge is 0.0616 e. The SMILES string of the molecule is [2H]C(=C)/C=C/C([2H])=C. The highest BCUT2D eigenvalue weighted by Gasteiger charge is 1.47. The minimum Gasteiger partial charge on any atom is -0.0991 e. The number of rotatable bonds is 2. The third-order valence-electron chi connectivity index (χ3n) is 0.319. The molecular weight excluding hydrogens is 72.1 g/mol. The van der Waals surface area contributed by atoms with Crippen molar-refractivity contribution in [3.05, 3.63) is 37.4 Å². The van der Waals surface area contributed by atoms with Gasteiger partial charge in [0.1, 0.15) is 0 Å². The van der Waals surface area contributed by atoms with Crippen molar-refractivity contribution in [1.82, 2.24) is 0 Å². The van der Waals surface area contributed by atoms with Crippen LogP contribution in [0.5, 0.6) is 0 Å². The molecule has 0 amide bonds. The van der Waals surface area contributed by atoms with Crippen LogP contribution in [-0.2, 0) is 0 Å². The lowest BCUT2D eigenvalue weighted by Gasteiger charge is -1.60. The standard InChI is InChI=1S/C6H8/c1-3-5-6-4-2/h3-6H,1-2H2/b6-5+/i3D,4D. The zero-order valence-corrected chi connectivity index (χ0v) is 3.57. The summed E-state index contributed by atoms with van der Waals surface area (Å²) in [5.41, 5.74) is 0. The van der Waals surface area contributed by atoms with Gasteiger partial charge in [0, 0.05) is 0 Å². The first-order chi connectivity index (χ1) is 3.63. The summed E-state index contributed by atoms with van der Waals surface area (Å²) < 4.78 is 13.5. The Morgan fingerprint density at radius 3 is 1.67 bits per heavy atom. The van der Waals surface area contributed by atoms with E-state index in [4.69, 9.17) is 2.74 Å². The molecule has 0 aromatic heterocycles. The largest absolute Gasteiger partial charge is 0.0991 e. The lowest BCUT2D eigenvalue weighted by molar-refractivity contribution is 1.98. The second-order valence-corrected chi connectivity index (χ2v) is 0.742. The molecular formula is C6H8. The van der Waals surface area contributed by atoms with E-state index < -0.39 is 0 Å². The molecule has 0 spiro atoms. The van der Waals surface area contributed by atoms with Gasteiger partial charge in [-0.2, -0.15) is 0 Å². The Balaban J connectivity index is 3.67. The van der Waals surface area contributed by atoms with E-state index in [9.17, 15) is 0 Å². The monoisotopic (exact) mass is 82.1 g/mol. The van der Waals surface area contributed by atoms with Gasteiger partial charge < -0.3 is 0 Å². The summed E-state index contributed by atoms with van der Waals surface area (Å²) in [5, 5.41) is 0. The van der Waals surface area contributed by atoms with E-state index in [1.807, 2.05) is 0 Å². The lowest BCUT2D eigenvalue weighted by Crippen LogP contribution is -1.38. The van der Waals surface area contributed by atoms with Gasteiger partial charge in [0.25, 0.3) is 0 Å². The lowest BCUT2D eigenvalue weighted by atomic mass is 10.5. The van der Waals surface area contributed by atoms with Crippen molar-refractivity contribution in [2.24, 2.45) is 0 Å². The maximum Gasteiger partial charge on any atom is 0.0616 e. The van der Waals surface area contributed by atoms with Crippen molar-refractivity contribution >= 4 is 0 Å². The van der Waals surface area contributed by atoms with E-state index in [1.54, 1.807) is 0 Å². The van der Waals surface area contributed by atoms with Gasteiger partial charge in [-0.3, -0.25) is 0 Å². The second-order valence-electron chi connectivity index (χ2n) is 0.742. The summed E-state index contributed by atoms with van der Waals surface area (Å²) in [6.45, 7) is 6.56. The molecule has 0 aromatic carbocycles. The van der Waals surface area contributed by atoms with Crippen LogP contribution in [0.4, 0.5) is 0 Å². The van der Waals surface area contributed by atoms with E-state index >= 15 is 0 Å². The van der Waals surface area contributed by atoms with E-state index in [1.165, 1.54) is 12.2 Å². The summed E-state index contributed by atoms with van der Waals surface area (Å²) in [6.07, 6.45) is 2.85. The van der Waals surface area contributed by atoms with Gasteiger partial charge in [-0.05, 0) is 0 Å². The minimum atomic E-state index is 0.193. The number of hydrogen-bond donors (Lipinski definition) is 0. The molecule has 0 rings (SSSR count). The molecule has 0 radical (unpaired) electrons. The molecule has 0 saturated carbocycles. The molecule has 0 heterocycles. The van der Waals surface area contributed by atoms with Crippen molar-refractivity contribution in [2.45, 2.75) is 0 Å². The van der Waals surface area contributed by atoms with Crippen LogP contribution in [0.15, 0.2) is 37.4 Å². The Labute approximate surface area is 41.3 Å². The molecule has 0 aliphatic rings. The van der Waals surface area contributed by atoms with Gasteiger partial charge in [-0.1, -0.05) is 37.4 Å². The quantitative estimate of drug-likeness (QED) is 0.446. The van der Waals surface area contributed by atoms with Crippen LogP contribution in [0.2, 0.25) is 0 Å². The van der Waals surface area contributed by atoms with Crippen molar-refractivity contribution in [2.75, 3.05) is 0 Å². The molecule has 0 saturated heterocycles. The van der Waals surface area contributed by atoms with Gasteiger partial charge in [-0.15, -0.1) is 0 Å². The van der Waals surface area contributed by atoms with Crippen LogP contribution in [0.25, 0.3) is 0 Å². The van der Waals surface area contributed by atoms with Gasteiger partial charge in [0.15, 0.2) is 0 Å². The molecule has 0 N–H and O–H groups in total. The van der Waals surface area contributed by atoms with Crippen LogP contribution in [0, 0.1) is 0 Å². The molecule has 0 atom stereocenters. The van der Waals surface area contributed by atoms with Gasteiger partial charge >= 0.3 is 0 Å². The van der Waals surface area contributed by atoms with Crippen LogP contribution < -0.4 is 0 Å². The fourth-order valence-corrected chi connectivity index (χ4v) is 0.118. The van der Waals surface area contributed by atoms with E-state index in [0.29, 0.717) is 0 Å². The maximum atomic E-state index is 6.77. The van der Waals surface area contributed by atoms with Crippen LogP contribution in [0.3, 0.4) is 0 Å². The molecule has 0 fully saturated rings. The molecule has 0 aliphatic heterocycles. The van der Waals surface area contributed by atoms with Crippen molar-refractivity contribution in [3.8, 4) is 0 Å². The molecule has 0 heteroatoms. The third-order valence-corrected chi connectivity index (χ3v) is 0.319. The van der Waals surface area contributed by atoms with E-state index in [0.717, 1.165) is 0 Å². The highest BCUT2D eigenvalue weighted by Crippen LogP contribution is 1.69. The van der Waals surface area contributed by atoms with Gasteiger partial charge in [-0.25, -0.2) is 0 Å². The van der Waals surface area contributed by atoms with Crippen LogP contribution in [0.1, 0.15) is 2.74 Å². The highest BCUT2D eigenvalue weighted by atomic mass is 13.5. The Bertz CT molecular complexity index is 117. The predicted octanol–water partition coefficient (Wildman–Crippen LogP) is 1.91. The topological polar surface area (TPSA) is 0 Å². The van der Waals surface area contributed by atoms with Crippen molar-refractivity contribution < 1.29 is 2.74 Å². The van der Waals surface area contributed by atoms with Crippen molar-refractivity contribution in [3.63, 3.8) is 0 Å². The highest BCUT2D eigenvalue weighted by molar-refractivity contribution is 5.05. The van der Waals surface area contributed by atoms with Crippen LogP contribution >= 0.6 is 0 Å². The molecule has 0 nitrogen and oxygen atoms in total.